The van der Waals surface area contributed by atoms with Crippen LogP contribution in [0, 0.1) is 5.82 Å². The molecular formula is C15H13FO3S. The monoisotopic (exact) mass is 292 g/mol. The molecule has 3 nitrogen and oxygen atoms in total. The number of carboxylic acids is 1. The van der Waals surface area contributed by atoms with E-state index in [0.717, 1.165) is 5.56 Å². The first kappa shape index (κ1) is 14.4. The van der Waals surface area contributed by atoms with Gasteiger partial charge in [0.25, 0.3) is 0 Å². The maximum Gasteiger partial charge on any atom is 0.307 e. The summed E-state index contributed by atoms with van der Waals surface area (Å²) in [6.07, 6.45) is -0.0507. The number of carbonyl (C=O) groups is 1. The Balaban J connectivity index is 2.05. The molecule has 0 aliphatic heterocycles. The van der Waals surface area contributed by atoms with Gasteiger partial charge in [0.15, 0.2) is 0 Å². The Kier molecular flexibility index (Phi) is 4.63. The molecule has 104 valence electrons. The average molecular weight is 292 g/mol. The van der Waals surface area contributed by atoms with Gasteiger partial charge in [-0.3, -0.25) is 9.00 Å². The van der Waals surface area contributed by atoms with Crippen molar-refractivity contribution in [3.05, 3.63) is 65.5 Å². The topological polar surface area (TPSA) is 54.4 Å². The Morgan fingerprint density at radius 3 is 2.10 bits per heavy atom. The number of hydrogen-bond donors (Lipinski definition) is 1. The summed E-state index contributed by atoms with van der Waals surface area (Å²) < 4.78 is 24.9. The van der Waals surface area contributed by atoms with Crippen LogP contribution in [0.5, 0.6) is 0 Å². The summed E-state index contributed by atoms with van der Waals surface area (Å²) in [6.45, 7) is 0. The van der Waals surface area contributed by atoms with E-state index in [4.69, 9.17) is 5.11 Å². The van der Waals surface area contributed by atoms with Gasteiger partial charge in [0.05, 0.1) is 23.0 Å². The van der Waals surface area contributed by atoms with Gasteiger partial charge in [-0.2, -0.15) is 0 Å². The van der Waals surface area contributed by atoms with Gasteiger partial charge < -0.3 is 5.11 Å². The number of rotatable bonds is 5. The average Bonchev–Trinajstić information content (AvgIpc) is 2.41. The largest absolute Gasteiger partial charge is 0.481 e. The third kappa shape index (κ3) is 3.99. The molecule has 0 aliphatic rings. The smallest absolute Gasteiger partial charge is 0.307 e. The Bertz CT molecular complexity index is 621. The molecule has 5 heteroatoms. The first-order valence-electron chi connectivity index (χ1n) is 5.98. The van der Waals surface area contributed by atoms with Crippen molar-refractivity contribution in [3.63, 3.8) is 0 Å². The van der Waals surface area contributed by atoms with Gasteiger partial charge in [0.1, 0.15) is 5.82 Å². The van der Waals surface area contributed by atoms with Gasteiger partial charge in [-0.15, -0.1) is 0 Å². The Labute approximate surface area is 118 Å². The fourth-order valence-corrected chi connectivity index (χ4v) is 2.85. The second kappa shape index (κ2) is 6.43. The quantitative estimate of drug-likeness (QED) is 0.922. The summed E-state index contributed by atoms with van der Waals surface area (Å²) in [5, 5.41) is 8.67. The normalized spacial score (nSPS) is 12.1. The minimum Gasteiger partial charge on any atom is -0.481 e. The minimum atomic E-state index is -1.23. The zero-order valence-corrected chi connectivity index (χ0v) is 11.4. The number of aliphatic carboxylic acids is 1. The molecule has 0 bridgehead atoms. The molecule has 0 aromatic heterocycles. The molecule has 2 aromatic carbocycles. The lowest BCUT2D eigenvalue weighted by atomic mass is 10.2. The van der Waals surface area contributed by atoms with Crippen molar-refractivity contribution in [3.8, 4) is 0 Å². The van der Waals surface area contributed by atoms with E-state index in [1.165, 1.54) is 12.1 Å². The fraction of sp³-hybridized carbons (Fsp3) is 0.133. The van der Waals surface area contributed by atoms with Crippen molar-refractivity contribution in [2.75, 3.05) is 0 Å². The van der Waals surface area contributed by atoms with Crippen molar-refractivity contribution in [1.82, 2.24) is 0 Å². The molecule has 0 heterocycles. The molecule has 1 atom stereocenters. The summed E-state index contributed by atoms with van der Waals surface area (Å²) >= 11 is 0. The van der Waals surface area contributed by atoms with E-state index in [2.05, 4.69) is 0 Å². The van der Waals surface area contributed by atoms with Crippen molar-refractivity contribution < 1.29 is 18.5 Å². The van der Waals surface area contributed by atoms with E-state index in [0.29, 0.717) is 16.2 Å². The number of halogens is 1. The van der Waals surface area contributed by atoms with Crippen molar-refractivity contribution in [1.29, 1.82) is 0 Å². The summed E-state index contributed by atoms with van der Waals surface area (Å²) in [6, 6.07) is 12.5. The standard InChI is InChI=1S/C15H13FO3S/c16-13-5-1-12(2-6-13)10-20(19)14-7-3-11(4-8-14)9-15(17)18/h1-8H,9-10H2,(H,17,18). The van der Waals surface area contributed by atoms with Crippen LogP contribution in [0.25, 0.3) is 0 Å². The van der Waals surface area contributed by atoms with Crippen molar-refractivity contribution in [2.24, 2.45) is 0 Å². The molecule has 2 aromatic rings. The molecule has 0 radical (unpaired) electrons. The SMILES string of the molecule is O=C(O)Cc1ccc(S(=O)Cc2ccc(F)cc2)cc1. The summed E-state index contributed by atoms with van der Waals surface area (Å²) in [7, 11) is -1.23. The molecule has 0 saturated carbocycles. The predicted molar refractivity (Wildman–Crippen MR) is 74.3 cm³/mol. The first-order valence-corrected chi connectivity index (χ1v) is 7.30. The molecule has 0 aliphatic carbocycles. The van der Waals surface area contributed by atoms with Crippen LogP contribution in [0.4, 0.5) is 4.39 Å². The molecule has 0 amide bonds. The third-order valence-corrected chi connectivity index (χ3v) is 4.15. The highest BCUT2D eigenvalue weighted by atomic mass is 32.2. The van der Waals surface area contributed by atoms with E-state index >= 15 is 0 Å². The van der Waals surface area contributed by atoms with Gasteiger partial charge in [0, 0.05) is 4.90 Å². The maximum absolute atomic E-state index is 12.8. The van der Waals surface area contributed by atoms with E-state index < -0.39 is 16.8 Å². The van der Waals surface area contributed by atoms with Crippen LogP contribution < -0.4 is 0 Å². The first-order chi connectivity index (χ1) is 9.54. The lowest BCUT2D eigenvalue weighted by molar-refractivity contribution is -0.136. The Hall–Kier alpha value is -2.01. The van der Waals surface area contributed by atoms with Crippen molar-refractivity contribution in [2.45, 2.75) is 17.1 Å². The zero-order valence-electron chi connectivity index (χ0n) is 10.6. The zero-order chi connectivity index (χ0) is 14.5. The summed E-state index contributed by atoms with van der Waals surface area (Å²) in [5.41, 5.74) is 1.46. The molecule has 1 unspecified atom stereocenters. The number of carboxylic acid groups (broad SMARTS) is 1. The van der Waals surface area contributed by atoms with E-state index in [1.807, 2.05) is 0 Å². The second-order valence-corrected chi connectivity index (χ2v) is 5.78. The molecular weight excluding hydrogens is 279 g/mol. The number of benzene rings is 2. The van der Waals surface area contributed by atoms with Crippen LogP contribution in [0.1, 0.15) is 11.1 Å². The summed E-state index contributed by atoms with van der Waals surface area (Å²) in [4.78, 5) is 11.2. The third-order valence-electron chi connectivity index (χ3n) is 2.75. The van der Waals surface area contributed by atoms with Gasteiger partial charge in [-0.25, -0.2) is 4.39 Å². The lowest BCUT2D eigenvalue weighted by Crippen LogP contribution is -2.01. The Morgan fingerprint density at radius 1 is 1.00 bits per heavy atom. The van der Waals surface area contributed by atoms with Crippen LogP contribution in [0.3, 0.4) is 0 Å². The fourth-order valence-electron chi connectivity index (χ4n) is 1.75. The Morgan fingerprint density at radius 2 is 1.55 bits per heavy atom. The molecule has 20 heavy (non-hydrogen) atoms. The van der Waals surface area contributed by atoms with Crippen LogP contribution in [-0.4, -0.2) is 15.3 Å². The van der Waals surface area contributed by atoms with Gasteiger partial charge in [-0.05, 0) is 35.4 Å². The molecule has 2 rings (SSSR count). The predicted octanol–water partition coefficient (Wildman–Crippen LogP) is 2.76. The molecule has 0 saturated heterocycles. The minimum absolute atomic E-state index is 0.0507. The molecule has 0 fully saturated rings. The molecule has 1 N–H and O–H groups in total. The van der Waals surface area contributed by atoms with Crippen LogP contribution in [-0.2, 0) is 27.8 Å². The number of hydrogen-bond acceptors (Lipinski definition) is 2. The van der Waals surface area contributed by atoms with Gasteiger partial charge in [-0.1, -0.05) is 24.3 Å². The van der Waals surface area contributed by atoms with Crippen LogP contribution in [0.2, 0.25) is 0 Å². The van der Waals surface area contributed by atoms with Crippen LogP contribution >= 0.6 is 0 Å². The molecule has 0 spiro atoms. The summed E-state index contributed by atoms with van der Waals surface area (Å²) in [5.74, 6) is -0.916. The van der Waals surface area contributed by atoms with Crippen LogP contribution in [0.15, 0.2) is 53.4 Å². The van der Waals surface area contributed by atoms with E-state index in [9.17, 15) is 13.4 Å². The highest BCUT2D eigenvalue weighted by molar-refractivity contribution is 7.84. The maximum atomic E-state index is 12.8. The van der Waals surface area contributed by atoms with Crippen molar-refractivity contribution >= 4 is 16.8 Å². The van der Waals surface area contributed by atoms with E-state index in [1.54, 1.807) is 36.4 Å². The lowest BCUT2D eigenvalue weighted by Gasteiger charge is -2.04. The highest BCUT2D eigenvalue weighted by Crippen LogP contribution is 2.14. The highest BCUT2D eigenvalue weighted by Gasteiger charge is 2.07. The van der Waals surface area contributed by atoms with Gasteiger partial charge >= 0.3 is 5.97 Å². The van der Waals surface area contributed by atoms with E-state index in [-0.39, 0.29) is 12.2 Å². The second-order valence-electron chi connectivity index (χ2n) is 4.33. The van der Waals surface area contributed by atoms with Gasteiger partial charge in [0.2, 0.25) is 0 Å².